The first kappa shape index (κ1) is 19.1. The average Bonchev–Trinajstić information content (AvgIpc) is 2.87. The fourth-order valence-electron chi connectivity index (χ4n) is 2.96. The van der Waals surface area contributed by atoms with Gasteiger partial charge in [0.25, 0.3) is 0 Å². The van der Waals surface area contributed by atoms with Crippen molar-refractivity contribution in [2.24, 2.45) is 0 Å². The highest BCUT2D eigenvalue weighted by atomic mass is 16.2. The maximum Gasteiger partial charge on any atom is 0.246 e. The number of carbonyl (C=O) groups is 2. The van der Waals surface area contributed by atoms with Gasteiger partial charge in [-0.15, -0.1) is 0 Å². The third-order valence-electron chi connectivity index (χ3n) is 4.50. The second-order valence-electron chi connectivity index (χ2n) is 6.13. The van der Waals surface area contributed by atoms with Crippen molar-refractivity contribution < 1.29 is 9.59 Å². The molecular formula is C19H28N4O2. The fourth-order valence-corrected chi connectivity index (χ4v) is 2.96. The van der Waals surface area contributed by atoms with Crippen molar-refractivity contribution in [3.05, 3.63) is 36.2 Å². The highest BCUT2D eigenvalue weighted by molar-refractivity contribution is 5.91. The molecule has 2 heterocycles. The molecule has 6 nitrogen and oxygen atoms in total. The van der Waals surface area contributed by atoms with Gasteiger partial charge in [0.1, 0.15) is 0 Å². The van der Waals surface area contributed by atoms with Crippen molar-refractivity contribution in [2.75, 3.05) is 45.8 Å². The van der Waals surface area contributed by atoms with Crippen molar-refractivity contribution in [3.8, 4) is 0 Å². The first-order valence-corrected chi connectivity index (χ1v) is 9.01. The van der Waals surface area contributed by atoms with E-state index in [9.17, 15) is 9.59 Å². The van der Waals surface area contributed by atoms with E-state index in [1.807, 2.05) is 41.9 Å². The highest BCUT2D eigenvalue weighted by Gasteiger charge is 2.20. The minimum absolute atomic E-state index is 0.0220. The number of hydrogen-bond donors (Lipinski definition) is 0. The molecule has 0 spiro atoms. The summed E-state index contributed by atoms with van der Waals surface area (Å²) in [6.07, 6.45) is 7.74. The summed E-state index contributed by atoms with van der Waals surface area (Å²) in [5.74, 6) is 0.191. The van der Waals surface area contributed by atoms with Crippen LogP contribution in [0, 0.1) is 0 Å². The molecule has 2 rings (SSSR count). The molecule has 6 heteroatoms. The monoisotopic (exact) mass is 344 g/mol. The molecule has 1 aliphatic rings. The van der Waals surface area contributed by atoms with Gasteiger partial charge in [0.2, 0.25) is 11.8 Å². The first-order valence-electron chi connectivity index (χ1n) is 9.01. The van der Waals surface area contributed by atoms with E-state index in [-0.39, 0.29) is 11.8 Å². The van der Waals surface area contributed by atoms with Crippen LogP contribution in [0.3, 0.4) is 0 Å². The van der Waals surface area contributed by atoms with Crippen LogP contribution in [0.25, 0.3) is 6.08 Å². The molecule has 1 aliphatic heterocycles. The fraction of sp³-hybridized carbons (Fsp3) is 0.526. The molecular weight excluding hydrogens is 316 g/mol. The molecule has 1 aromatic rings. The minimum atomic E-state index is 0.0220. The van der Waals surface area contributed by atoms with E-state index in [1.165, 1.54) is 0 Å². The number of amides is 2. The summed E-state index contributed by atoms with van der Waals surface area (Å²) < 4.78 is 0. The number of nitrogens with zero attached hydrogens (tertiary/aromatic N) is 4. The third kappa shape index (κ3) is 5.98. The Kier molecular flexibility index (Phi) is 7.60. The second-order valence-corrected chi connectivity index (χ2v) is 6.13. The van der Waals surface area contributed by atoms with Gasteiger partial charge in [-0.2, -0.15) is 0 Å². The lowest BCUT2D eigenvalue weighted by molar-refractivity contribution is -0.132. The minimum Gasteiger partial charge on any atom is -0.342 e. The van der Waals surface area contributed by atoms with Crippen LogP contribution in [0.5, 0.6) is 0 Å². The normalized spacial score (nSPS) is 16.0. The molecule has 0 radical (unpaired) electrons. The van der Waals surface area contributed by atoms with E-state index >= 15 is 0 Å². The molecule has 136 valence electrons. The lowest BCUT2D eigenvalue weighted by Crippen LogP contribution is -2.41. The van der Waals surface area contributed by atoms with Crippen LogP contribution < -0.4 is 0 Å². The quantitative estimate of drug-likeness (QED) is 0.734. The summed E-state index contributed by atoms with van der Waals surface area (Å²) in [6, 6.07) is 3.74. The van der Waals surface area contributed by atoms with Gasteiger partial charge in [-0.25, -0.2) is 0 Å². The number of hydrogen-bond acceptors (Lipinski definition) is 4. The van der Waals surface area contributed by atoms with Crippen molar-refractivity contribution in [1.82, 2.24) is 19.7 Å². The van der Waals surface area contributed by atoms with Crippen LogP contribution in [-0.4, -0.2) is 77.3 Å². The summed E-state index contributed by atoms with van der Waals surface area (Å²) in [5.41, 5.74) is 0.963. The van der Waals surface area contributed by atoms with Crippen LogP contribution in [0.4, 0.5) is 0 Å². The van der Waals surface area contributed by atoms with Gasteiger partial charge < -0.3 is 9.80 Å². The van der Waals surface area contributed by atoms with Gasteiger partial charge in [-0.1, -0.05) is 0 Å². The van der Waals surface area contributed by atoms with E-state index < -0.39 is 0 Å². The van der Waals surface area contributed by atoms with Crippen molar-refractivity contribution in [2.45, 2.75) is 20.3 Å². The molecule has 2 amide bonds. The Labute approximate surface area is 150 Å². The Morgan fingerprint density at radius 1 is 1.12 bits per heavy atom. The Bertz CT molecular complexity index is 584. The predicted molar refractivity (Wildman–Crippen MR) is 98.8 cm³/mol. The molecule has 1 aromatic heterocycles. The van der Waals surface area contributed by atoms with Crippen molar-refractivity contribution in [3.63, 3.8) is 0 Å². The van der Waals surface area contributed by atoms with Crippen LogP contribution in [0.15, 0.2) is 30.6 Å². The van der Waals surface area contributed by atoms with Crippen molar-refractivity contribution in [1.29, 1.82) is 0 Å². The van der Waals surface area contributed by atoms with Gasteiger partial charge in [0.05, 0.1) is 6.54 Å². The number of likely N-dealkylation sites (N-methyl/N-ethyl adjacent to an activating group) is 1. The van der Waals surface area contributed by atoms with Gasteiger partial charge in [0.15, 0.2) is 0 Å². The largest absolute Gasteiger partial charge is 0.342 e. The Balaban J connectivity index is 1.85. The molecule has 0 aliphatic carbocycles. The lowest BCUT2D eigenvalue weighted by Gasteiger charge is -2.25. The third-order valence-corrected chi connectivity index (χ3v) is 4.50. The van der Waals surface area contributed by atoms with Gasteiger partial charge in [0, 0.05) is 57.7 Å². The molecule has 25 heavy (non-hydrogen) atoms. The summed E-state index contributed by atoms with van der Waals surface area (Å²) >= 11 is 0. The van der Waals surface area contributed by atoms with Crippen molar-refractivity contribution >= 4 is 17.9 Å². The van der Waals surface area contributed by atoms with E-state index in [2.05, 4.69) is 9.88 Å². The van der Waals surface area contributed by atoms with E-state index in [1.54, 1.807) is 18.5 Å². The predicted octanol–water partition coefficient (Wildman–Crippen LogP) is 1.50. The molecule has 0 bridgehead atoms. The van der Waals surface area contributed by atoms with Crippen LogP contribution >= 0.6 is 0 Å². The molecule has 0 atom stereocenters. The summed E-state index contributed by atoms with van der Waals surface area (Å²) in [6.45, 7) is 8.91. The summed E-state index contributed by atoms with van der Waals surface area (Å²) in [4.78, 5) is 34.5. The number of rotatable bonds is 6. The van der Waals surface area contributed by atoms with Gasteiger partial charge >= 0.3 is 0 Å². The first-order chi connectivity index (χ1) is 12.1. The van der Waals surface area contributed by atoms with E-state index in [4.69, 9.17) is 0 Å². The SMILES string of the molecule is CCN(CC)C(=O)CN1CCCN(C(=O)C=Cc2ccncc2)CC1. The second kappa shape index (κ2) is 9.93. The Morgan fingerprint density at radius 3 is 2.52 bits per heavy atom. The maximum atomic E-state index is 12.4. The number of pyridine rings is 1. The standard InChI is InChI=1S/C19H28N4O2/c1-3-22(4-2)19(25)16-21-12-5-13-23(15-14-21)18(24)7-6-17-8-10-20-11-9-17/h6-11H,3-5,12-16H2,1-2H3. The van der Waals surface area contributed by atoms with E-state index in [0.717, 1.165) is 44.7 Å². The molecule has 0 unspecified atom stereocenters. The van der Waals surface area contributed by atoms with Crippen LogP contribution in [0.2, 0.25) is 0 Å². The molecule has 0 aromatic carbocycles. The zero-order valence-corrected chi connectivity index (χ0v) is 15.2. The highest BCUT2D eigenvalue weighted by Crippen LogP contribution is 2.06. The molecule has 0 saturated carbocycles. The molecule has 1 fully saturated rings. The Hall–Kier alpha value is -2.21. The smallest absolute Gasteiger partial charge is 0.246 e. The zero-order valence-electron chi connectivity index (χ0n) is 15.2. The average molecular weight is 344 g/mol. The van der Waals surface area contributed by atoms with Gasteiger partial charge in [-0.05, 0) is 44.0 Å². The molecule has 1 saturated heterocycles. The lowest BCUT2D eigenvalue weighted by atomic mass is 10.2. The number of aromatic nitrogens is 1. The molecule has 0 N–H and O–H groups in total. The zero-order chi connectivity index (χ0) is 18.1. The summed E-state index contributed by atoms with van der Waals surface area (Å²) in [7, 11) is 0. The van der Waals surface area contributed by atoms with Crippen LogP contribution in [0.1, 0.15) is 25.8 Å². The maximum absolute atomic E-state index is 12.4. The topological polar surface area (TPSA) is 56.8 Å². The number of carbonyl (C=O) groups excluding carboxylic acids is 2. The summed E-state index contributed by atoms with van der Waals surface area (Å²) in [5, 5.41) is 0. The van der Waals surface area contributed by atoms with E-state index in [0.29, 0.717) is 13.1 Å². The Morgan fingerprint density at radius 2 is 1.84 bits per heavy atom. The van der Waals surface area contributed by atoms with Gasteiger partial charge in [-0.3, -0.25) is 19.5 Å². The van der Waals surface area contributed by atoms with Crippen LogP contribution in [-0.2, 0) is 9.59 Å².